The number of nitrogens with zero attached hydrogens (tertiary/aromatic N) is 2. The Kier molecular flexibility index (Phi) is 6.88. The van der Waals surface area contributed by atoms with Crippen LogP contribution in [0.1, 0.15) is 16.8 Å². The van der Waals surface area contributed by atoms with Gasteiger partial charge in [0.1, 0.15) is 17.7 Å². The zero-order valence-electron chi connectivity index (χ0n) is 16.2. The third kappa shape index (κ3) is 6.23. The first-order valence-electron chi connectivity index (χ1n) is 9.10. The normalized spacial score (nSPS) is 16.0. The lowest BCUT2D eigenvalue weighted by Gasteiger charge is -2.19. The van der Waals surface area contributed by atoms with Crippen LogP contribution >= 0.6 is 15.9 Å². The van der Waals surface area contributed by atoms with Gasteiger partial charge in [-0.1, -0.05) is 0 Å². The van der Waals surface area contributed by atoms with Crippen molar-refractivity contribution in [3.8, 4) is 5.75 Å². The molecule has 0 saturated carbocycles. The van der Waals surface area contributed by atoms with Gasteiger partial charge in [0.15, 0.2) is 0 Å². The van der Waals surface area contributed by atoms with E-state index in [2.05, 4.69) is 36.3 Å². The highest BCUT2D eigenvalue weighted by Gasteiger charge is 2.31. The first-order valence-corrected chi connectivity index (χ1v) is 9.90. The summed E-state index contributed by atoms with van der Waals surface area (Å²) in [5.41, 5.74) is 0.553. The standard InChI is InChI=1S/C19H18BrF3N4O4/c1-24-18(29)30-14-6-7-27(10-14)16-15(20)8-11(9-25-16)17(28)26-12-2-4-13(5-3-12)31-19(21,22)23/h2-5,8-9,14H,6-7,10H2,1H3,(H,24,29)(H,26,28). The molecule has 1 aromatic heterocycles. The molecule has 31 heavy (non-hydrogen) atoms. The predicted molar refractivity (Wildman–Crippen MR) is 109 cm³/mol. The van der Waals surface area contributed by atoms with Gasteiger partial charge in [-0.2, -0.15) is 0 Å². The minimum atomic E-state index is -4.78. The Bertz CT molecular complexity index is 956. The van der Waals surface area contributed by atoms with Crippen molar-refractivity contribution in [1.82, 2.24) is 10.3 Å². The van der Waals surface area contributed by atoms with E-state index in [0.717, 1.165) is 12.1 Å². The van der Waals surface area contributed by atoms with Gasteiger partial charge in [-0.3, -0.25) is 4.79 Å². The van der Waals surface area contributed by atoms with Crippen molar-refractivity contribution >= 4 is 39.4 Å². The van der Waals surface area contributed by atoms with Crippen LogP contribution < -0.4 is 20.3 Å². The molecule has 12 heteroatoms. The number of pyridine rings is 1. The van der Waals surface area contributed by atoms with E-state index in [-0.39, 0.29) is 17.4 Å². The fourth-order valence-corrected chi connectivity index (χ4v) is 3.56. The summed E-state index contributed by atoms with van der Waals surface area (Å²) in [6, 6.07) is 6.39. The lowest BCUT2D eigenvalue weighted by atomic mass is 10.2. The van der Waals surface area contributed by atoms with Crippen molar-refractivity contribution < 1.29 is 32.2 Å². The zero-order valence-corrected chi connectivity index (χ0v) is 17.8. The third-order valence-electron chi connectivity index (χ3n) is 4.35. The lowest BCUT2D eigenvalue weighted by molar-refractivity contribution is -0.274. The molecule has 166 valence electrons. The van der Waals surface area contributed by atoms with Gasteiger partial charge >= 0.3 is 12.5 Å². The summed E-state index contributed by atoms with van der Waals surface area (Å²) in [5, 5.41) is 4.99. The van der Waals surface area contributed by atoms with E-state index in [0.29, 0.717) is 35.5 Å². The molecule has 8 nitrogen and oxygen atoms in total. The maximum absolute atomic E-state index is 12.5. The van der Waals surface area contributed by atoms with Crippen LogP contribution in [-0.2, 0) is 4.74 Å². The number of carbonyl (C=O) groups is 2. The van der Waals surface area contributed by atoms with Gasteiger partial charge in [0.2, 0.25) is 0 Å². The first-order chi connectivity index (χ1) is 14.6. The summed E-state index contributed by atoms with van der Waals surface area (Å²) in [6.07, 6.45) is -3.50. The number of nitrogens with one attached hydrogen (secondary N) is 2. The summed E-state index contributed by atoms with van der Waals surface area (Å²) in [6.45, 7) is 1.10. The van der Waals surface area contributed by atoms with Crippen molar-refractivity contribution in [1.29, 1.82) is 0 Å². The van der Waals surface area contributed by atoms with E-state index in [4.69, 9.17) is 4.74 Å². The number of benzene rings is 1. The SMILES string of the molecule is CNC(=O)OC1CCN(c2ncc(C(=O)Nc3ccc(OC(F)(F)F)cc3)cc2Br)C1. The Balaban J connectivity index is 1.62. The molecule has 1 saturated heterocycles. The maximum Gasteiger partial charge on any atom is 0.573 e. The predicted octanol–water partition coefficient (Wildman–Crippen LogP) is 3.93. The van der Waals surface area contributed by atoms with E-state index in [9.17, 15) is 22.8 Å². The number of amides is 2. The summed E-state index contributed by atoms with van der Waals surface area (Å²) in [5.74, 6) is -0.261. The highest BCUT2D eigenvalue weighted by Crippen LogP contribution is 2.29. The van der Waals surface area contributed by atoms with Gasteiger partial charge in [0.25, 0.3) is 5.91 Å². The number of ether oxygens (including phenoxy) is 2. The van der Waals surface area contributed by atoms with Crippen molar-refractivity contribution in [3.63, 3.8) is 0 Å². The van der Waals surface area contributed by atoms with Crippen LogP contribution in [0.2, 0.25) is 0 Å². The van der Waals surface area contributed by atoms with Gasteiger partial charge in [0.05, 0.1) is 16.6 Å². The quantitative estimate of drug-likeness (QED) is 0.643. The van der Waals surface area contributed by atoms with Crippen molar-refractivity contribution in [2.45, 2.75) is 18.9 Å². The van der Waals surface area contributed by atoms with E-state index in [1.165, 1.54) is 25.4 Å². The van der Waals surface area contributed by atoms with Crippen LogP contribution in [0.4, 0.5) is 29.5 Å². The molecule has 1 aromatic carbocycles. The monoisotopic (exact) mass is 502 g/mol. The molecule has 0 aliphatic carbocycles. The summed E-state index contributed by atoms with van der Waals surface area (Å²) in [4.78, 5) is 30.1. The van der Waals surface area contributed by atoms with Gasteiger partial charge in [0, 0.05) is 31.9 Å². The number of hydrogen-bond acceptors (Lipinski definition) is 6. The van der Waals surface area contributed by atoms with Crippen LogP contribution in [0.15, 0.2) is 41.0 Å². The summed E-state index contributed by atoms with van der Waals surface area (Å²) >= 11 is 3.41. The molecule has 1 fully saturated rings. The molecular weight excluding hydrogens is 485 g/mol. The zero-order chi connectivity index (χ0) is 22.6. The second kappa shape index (κ2) is 9.41. The Morgan fingerprint density at radius 2 is 1.97 bits per heavy atom. The first kappa shape index (κ1) is 22.7. The van der Waals surface area contributed by atoms with E-state index in [1.54, 1.807) is 6.07 Å². The molecule has 0 bridgehead atoms. The highest BCUT2D eigenvalue weighted by molar-refractivity contribution is 9.10. The van der Waals surface area contributed by atoms with Crippen molar-refractivity contribution in [2.75, 3.05) is 30.4 Å². The molecule has 1 aliphatic rings. The smallest absolute Gasteiger partial charge is 0.444 e. The molecule has 2 N–H and O–H groups in total. The molecule has 2 aromatic rings. The second-order valence-corrected chi connectivity index (χ2v) is 7.42. The number of hydrogen-bond donors (Lipinski definition) is 2. The number of aromatic nitrogens is 1. The molecule has 2 heterocycles. The van der Waals surface area contributed by atoms with Crippen LogP contribution in [0.25, 0.3) is 0 Å². The number of carbonyl (C=O) groups excluding carboxylic acids is 2. The molecule has 2 amide bonds. The molecule has 0 radical (unpaired) electrons. The minimum absolute atomic E-state index is 0.253. The maximum atomic E-state index is 12.5. The van der Waals surface area contributed by atoms with Gasteiger partial charge in [-0.25, -0.2) is 9.78 Å². The number of anilines is 2. The Hall–Kier alpha value is -3.02. The number of rotatable bonds is 5. The molecule has 1 atom stereocenters. The molecule has 1 aliphatic heterocycles. The van der Waals surface area contributed by atoms with Crippen molar-refractivity contribution in [3.05, 3.63) is 46.6 Å². The Morgan fingerprint density at radius 3 is 2.58 bits per heavy atom. The molecule has 3 rings (SSSR count). The molecule has 0 spiro atoms. The van der Waals surface area contributed by atoms with Gasteiger partial charge in [-0.15, -0.1) is 13.2 Å². The minimum Gasteiger partial charge on any atom is -0.444 e. The van der Waals surface area contributed by atoms with Gasteiger partial charge < -0.3 is 25.0 Å². The average molecular weight is 503 g/mol. The lowest BCUT2D eigenvalue weighted by Crippen LogP contribution is -2.29. The van der Waals surface area contributed by atoms with E-state index < -0.39 is 18.4 Å². The average Bonchev–Trinajstić information content (AvgIpc) is 3.16. The fraction of sp³-hybridized carbons (Fsp3) is 0.316. The topological polar surface area (TPSA) is 92.8 Å². The highest BCUT2D eigenvalue weighted by atomic mass is 79.9. The molecular formula is C19H18BrF3N4O4. The second-order valence-electron chi connectivity index (χ2n) is 6.57. The number of alkyl halides is 3. The number of halogens is 4. The van der Waals surface area contributed by atoms with Crippen LogP contribution in [0, 0.1) is 0 Å². The summed E-state index contributed by atoms with van der Waals surface area (Å²) in [7, 11) is 1.49. The Morgan fingerprint density at radius 1 is 1.26 bits per heavy atom. The molecule has 1 unspecified atom stereocenters. The van der Waals surface area contributed by atoms with E-state index >= 15 is 0 Å². The van der Waals surface area contributed by atoms with Crippen LogP contribution in [0.5, 0.6) is 5.75 Å². The largest absolute Gasteiger partial charge is 0.573 e. The van der Waals surface area contributed by atoms with Crippen LogP contribution in [-0.4, -0.2) is 49.6 Å². The van der Waals surface area contributed by atoms with Crippen molar-refractivity contribution in [2.24, 2.45) is 0 Å². The van der Waals surface area contributed by atoms with Gasteiger partial charge in [-0.05, 0) is 46.3 Å². The van der Waals surface area contributed by atoms with Crippen LogP contribution in [0.3, 0.4) is 0 Å². The third-order valence-corrected chi connectivity index (χ3v) is 4.94. The van der Waals surface area contributed by atoms with E-state index in [1.807, 2.05) is 4.90 Å². The Labute approximate surface area is 183 Å². The fourth-order valence-electron chi connectivity index (χ4n) is 2.96. The summed E-state index contributed by atoms with van der Waals surface area (Å²) < 4.78 is 46.3. The number of alkyl carbamates (subject to hydrolysis) is 1.